The first-order valence-corrected chi connectivity index (χ1v) is 8.95. The SMILES string of the molecule is COc1ccc(C(=O)N2CCC(N3CCCCCC3)CC2)cc1. The second-order valence-electron chi connectivity index (χ2n) is 6.70. The summed E-state index contributed by atoms with van der Waals surface area (Å²) in [6.07, 6.45) is 7.66. The zero-order valence-corrected chi connectivity index (χ0v) is 14.2. The quantitative estimate of drug-likeness (QED) is 0.858. The molecule has 1 aromatic rings. The zero-order valence-electron chi connectivity index (χ0n) is 14.2. The van der Waals surface area contributed by atoms with Crippen LogP contribution in [0.5, 0.6) is 5.75 Å². The second-order valence-corrected chi connectivity index (χ2v) is 6.70. The molecule has 0 radical (unpaired) electrons. The van der Waals surface area contributed by atoms with Crippen LogP contribution in [0.1, 0.15) is 48.9 Å². The van der Waals surface area contributed by atoms with Crippen molar-refractivity contribution in [3.8, 4) is 5.75 Å². The molecule has 2 aliphatic heterocycles. The number of piperidine rings is 1. The van der Waals surface area contributed by atoms with Gasteiger partial charge in [0, 0.05) is 24.7 Å². The molecule has 4 nitrogen and oxygen atoms in total. The van der Waals surface area contributed by atoms with E-state index in [0.29, 0.717) is 6.04 Å². The van der Waals surface area contributed by atoms with Crippen molar-refractivity contribution in [3.05, 3.63) is 29.8 Å². The fourth-order valence-electron chi connectivity index (χ4n) is 3.81. The van der Waals surface area contributed by atoms with E-state index in [1.54, 1.807) is 7.11 Å². The molecular formula is C19H28N2O2. The molecule has 0 spiro atoms. The molecule has 126 valence electrons. The number of nitrogens with zero attached hydrogens (tertiary/aromatic N) is 2. The van der Waals surface area contributed by atoms with Crippen molar-refractivity contribution in [2.45, 2.75) is 44.6 Å². The van der Waals surface area contributed by atoms with Crippen LogP contribution < -0.4 is 4.74 Å². The fourth-order valence-corrected chi connectivity index (χ4v) is 3.81. The Hall–Kier alpha value is -1.55. The van der Waals surface area contributed by atoms with Crippen LogP contribution in [-0.4, -0.2) is 55.0 Å². The highest BCUT2D eigenvalue weighted by Gasteiger charge is 2.27. The van der Waals surface area contributed by atoms with Crippen LogP contribution in [0.2, 0.25) is 0 Å². The monoisotopic (exact) mass is 316 g/mol. The molecule has 1 amide bonds. The molecule has 0 aliphatic carbocycles. The number of ether oxygens (including phenoxy) is 1. The van der Waals surface area contributed by atoms with Gasteiger partial charge in [-0.1, -0.05) is 12.8 Å². The summed E-state index contributed by atoms with van der Waals surface area (Å²) in [7, 11) is 1.64. The second kappa shape index (κ2) is 7.82. The molecule has 2 fully saturated rings. The first-order valence-electron chi connectivity index (χ1n) is 8.95. The lowest BCUT2D eigenvalue weighted by Crippen LogP contribution is -2.47. The van der Waals surface area contributed by atoms with E-state index < -0.39 is 0 Å². The topological polar surface area (TPSA) is 32.8 Å². The molecule has 2 aliphatic rings. The van der Waals surface area contributed by atoms with Gasteiger partial charge < -0.3 is 14.5 Å². The van der Waals surface area contributed by atoms with E-state index >= 15 is 0 Å². The average Bonchev–Trinajstić information content (AvgIpc) is 2.91. The van der Waals surface area contributed by atoms with E-state index in [1.165, 1.54) is 38.8 Å². The summed E-state index contributed by atoms with van der Waals surface area (Å²) in [6.45, 7) is 4.26. The van der Waals surface area contributed by atoms with Crippen LogP contribution >= 0.6 is 0 Å². The zero-order chi connectivity index (χ0) is 16.1. The van der Waals surface area contributed by atoms with Crippen molar-refractivity contribution in [1.82, 2.24) is 9.80 Å². The summed E-state index contributed by atoms with van der Waals surface area (Å²) in [6, 6.07) is 8.12. The number of carbonyl (C=O) groups is 1. The molecule has 2 saturated heterocycles. The van der Waals surface area contributed by atoms with Crippen molar-refractivity contribution in [2.75, 3.05) is 33.3 Å². The van der Waals surface area contributed by atoms with Gasteiger partial charge in [-0.15, -0.1) is 0 Å². The van der Waals surface area contributed by atoms with Gasteiger partial charge in [0.05, 0.1) is 7.11 Å². The molecule has 23 heavy (non-hydrogen) atoms. The minimum atomic E-state index is 0.155. The predicted molar refractivity (Wildman–Crippen MR) is 92.0 cm³/mol. The minimum absolute atomic E-state index is 0.155. The van der Waals surface area contributed by atoms with E-state index in [2.05, 4.69) is 4.90 Å². The first kappa shape index (κ1) is 16.3. The number of hydrogen-bond donors (Lipinski definition) is 0. The number of rotatable bonds is 3. The third kappa shape index (κ3) is 4.05. The third-order valence-electron chi connectivity index (χ3n) is 5.25. The Morgan fingerprint density at radius 2 is 1.57 bits per heavy atom. The van der Waals surface area contributed by atoms with Crippen LogP contribution in [0.15, 0.2) is 24.3 Å². The van der Waals surface area contributed by atoms with Gasteiger partial charge in [-0.2, -0.15) is 0 Å². The third-order valence-corrected chi connectivity index (χ3v) is 5.25. The lowest BCUT2D eigenvalue weighted by atomic mass is 10.0. The molecule has 1 aromatic carbocycles. The number of amides is 1. The van der Waals surface area contributed by atoms with Gasteiger partial charge in [-0.25, -0.2) is 0 Å². The number of carbonyl (C=O) groups excluding carboxylic acids is 1. The molecule has 0 unspecified atom stereocenters. The van der Waals surface area contributed by atoms with Crippen LogP contribution in [0, 0.1) is 0 Å². The Balaban J connectivity index is 1.54. The van der Waals surface area contributed by atoms with E-state index in [0.717, 1.165) is 37.2 Å². The molecule has 0 bridgehead atoms. The van der Waals surface area contributed by atoms with Gasteiger partial charge >= 0.3 is 0 Å². The summed E-state index contributed by atoms with van der Waals surface area (Å²) in [5.74, 6) is 0.948. The highest BCUT2D eigenvalue weighted by atomic mass is 16.5. The van der Waals surface area contributed by atoms with Gasteiger partial charge in [0.15, 0.2) is 0 Å². The van der Waals surface area contributed by atoms with E-state index in [9.17, 15) is 4.79 Å². The first-order chi connectivity index (χ1) is 11.3. The van der Waals surface area contributed by atoms with Crippen molar-refractivity contribution >= 4 is 5.91 Å². The number of benzene rings is 1. The maximum Gasteiger partial charge on any atom is 0.253 e. The molecule has 2 heterocycles. The lowest BCUT2D eigenvalue weighted by molar-refractivity contribution is 0.0623. The summed E-state index contributed by atoms with van der Waals surface area (Å²) in [5, 5.41) is 0. The summed E-state index contributed by atoms with van der Waals surface area (Å²) in [5.41, 5.74) is 0.763. The van der Waals surface area contributed by atoms with E-state index in [-0.39, 0.29) is 5.91 Å². The number of methoxy groups -OCH3 is 1. The molecule has 4 heteroatoms. The smallest absolute Gasteiger partial charge is 0.253 e. The van der Waals surface area contributed by atoms with Crippen LogP contribution in [0.25, 0.3) is 0 Å². The Kier molecular flexibility index (Phi) is 5.55. The van der Waals surface area contributed by atoms with Crippen LogP contribution in [0.4, 0.5) is 0 Å². The normalized spacial score (nSPS) is 21.0. The highest BCUT2D eigenvalue weighted by Crippen LogP contribution is 2.22. The van der Waals surface area contributed by atoms with Gasteiger partial charge in [0.25, 0.3) is 5.91 Å². The molecule has 0 atom stereocenters. The predicted octanol–water partition coefficient (Wildman–Crippen LogP) is 3.18. The average molecular weight is 316 g/mol. The summed E-state index contributed by atoms with van der Waals surface area (Å²) in [4.78, 5) is 17.3. The molecule has 0 saturated carbocycles. The maximum atomic E-state index is 12.6. The minimum Gasteiger partial charge on any atom is -0.497 e. The van der Waals surface area contributed by atoms with E-state index in [4.69, 9.17) is 4.74 Å². The van der Waals surface area contributed by atoms with Gasteiger partial charge in [-0.3, -0.25) is 4.79 Å². The summed E-state index contributed by atoms with van der Waals surface area (Å²) >= 11 is 0. The maximum absolute atomic E-state index is 12.6. The largest absolute Gasteiger partial charge is 0.497 e. The van der Waals surface area contributed by atoms with Crippen LogP contribution in [-0.2, 0) is 0 Å². The van der Waals surface area contributed by atoms with Crippen molar-refractivity contribution < 1.29 is 9.53 Å². The Labute approximate surface area is 139 Å². The van der Waals surface area contributed by atoms with Crippen LogP contribution in [0.3, 0.4) is 0 Å². The number of hydrogen-bond acceptors (Lipinski definition) is 3. The van der Waals surface area contributed by atoms with Gasteiger partial charge in [0.1, 0.15) is 5.75 Å². The standard InChI is InChI=1S/C19H28N2O2/c1-23-18-8-6-16(7-9-18)19(22)21-14-10-17(11-15-21)20-12-4-2-3-5-13-20/h6-9,17H,2-5,10-15H2,1H3. The Bertz CT molecular complexity index is 499. The van der Waals surface area contributed by atoms with E-state index in [1.807, 2.05) is 29.2 Å². The Morgan fingerprint density at radius 3 is 2.13 bits per heavy atom. The molecule has 3 rings (SSSR count). The van der Waals surface area contributed by atoms with Crippen molar-refractivity contribution in [3.63, 3.8) is 0 Å². The molecule has 0 N–H and O–H groups in total. The van der Waals surface area contributed by atoms with Crippen molar-refractivity contribution in [2.24, 2.45) is 0 Å². The lowest BCUT2D eigenvalue weighted by Gasteiger charge is -2.38. The van der Waals surface area contributed by atoms with Crippen molar-refractivity contribution in [1.29, 1.82) is 0 Å². The summed E-state index contributed by atoms with van der Waals surface area (Å²) < 4.78 is 5.16. The van der Waals surface area contributed by atoms with Gasteiger partial charge in [-0.05, 0) is 63.0 Å². The van der Waals surface area contributed by atoms with Gasteiger partial charge in [0.2, 0.25) is 0 Å². The highest BCUT2D eigenvalue weighted by molar-refractivity contribution is 5.94. The molecular weight excluding hydrogens is 288 g/mol. The number of likely N-dealkylation sites (tertiary alicyclic amines) is 2. The fraction of sp³-hybridized carbons (Fsp3) is 0.632. The Morgan fingerprint density at radius 1 is 0.957 bits per heavy atom. The molecule has 0 aromatic heterocycles.